The number of likely N-dealkylation sites (tertiary alicyclic amines) is 1. The number of aromatic nitrogens is 1. The van der Waals surface area contributed by atoms with Crippen LogP contribution in [0.1, 0.15) is 18.5 Å². The van der Waals surface area contributed by atoms with E-state index in [1.807, 2.05) is 18.2 Å². The molecule has 0 saturated carbocycles. The van der Waals surface area contributed by atoms with E-state index in [0.717, 1.165) is 37.9 Å². The second-order valence-electron chi connectivity index (χ2n) is 5.45. The van der Waals surface area contributed by atoms with Crippen molar-refractivity contribution in [2.75, 3.05) is 40.4 Å². The number of methoxy groups -OCH3 is 1. The van der Waals surface area contributed by atoms with Crippen molar-refractivity contribution in [2.45, 2.75) is 25.4 Å². The van der Waals surface area contributed by atoms with Crippen molar-refractivity contribution in [3.8, 4) is 0 Å². The molecule has 2 N–H and O–H groups in total. The zero-order valence-corrected chi connectivity index (χ0v) is 13.6. The second-order valence-corrected chi connectivity index (χ2v) is 5.45. The third kappa shape index (κ3) is 5.27. The second kappa shape index (κ2) is 9.38. The highest BCUT2D eigenvalue weighted by Gasteiger charge is 2.23. The average Bonchev–Trinajstić information content (AvgIpc) is 3.01. The quantitative estimate of drug-likeness (QED) is 0.578. The summed E-state index contributed by atoms with van der Waals surface area (Å²) in [6.45, 7) is 4.55. The Labute approximate surface area is 133 Å². The molecule has 1 aliphatic heterocycles. The van der Waals surface area contributed by atoms with E-state index >= 15 is 0 Å². The van der Waals surface area contributed by atoms with Gasteiger partial charge in [0.05, 0.1) is 18.8 Å². The number of guanidine groups is 1. The van der Waals surface area contributed by atoms with E-state index in [-0.39, 0.29) is 0 Å². The summed E-state index contributed by atoms with van der Waals surface area (Å²) in [5, 5.41) is 6.72. The van der Waals surface area contributed by atoms with E-state index in [2.05, 4.69) is 25.5 Å². The fraction of sp³-hybridized carbons (Fsp3) is 0.625. The van der Waals surface area contributed by atoms with Gasteiger partial charge in [-0.2, -0.15) is 0 Å². The van der Waals surface area contributed by atoms with Crippen LogP contribution in [0.3, 0.4) is 0 Å². The summed E-state index contributed by atoms with van der Waals surface area (Å²) >= 11 is 0. The number of hydrogen-bond acceptors (Lipinski definition) is 4. The molecule has 1 aromatic rings. The molecule has 0 aliphatic carbocycles. The zero-order valence-electron chi connectivity index (χ0n) is 13.6. The van der Waals surface area contributed by atoms with Gasteiger partial charge in [0.25, 0.3) is 0 Å². The first-order valence-electron chi connectivity index (χ1n) is 7.91. The van der Waals surface area contributed by atoms with Gasteiger partial charge in [-0.05, 0) is 31.5 Å². The molecule has 0 bridgehead atoms. The van der Waals surface area contributed by atoms with Crippen LogP contribution in [0.2, 0.25) is 0 Å². The van der Waals surface area contributed by atoms with Gasteiger partial charge in [0.1, 0.15) is 0 Å². The summed E-state index contributed by atoms with van der Waals surface area (Å²) in [5.41, 5.74) is 1.01. The largest absolute Gasteiger partial charge is 0.383 e. The van der Waals surface area contributed by atoms with Crippen molar-refractivity contribution in [3.63, 3.8) is 0 Å². The smallest absolute Gasteiger partial charge is 0.191 e. The van der Waals surface area contributed by atoms with Gasteiger partial charge in [0, 0.05) is 39.5 Å². The van der Waals surface area contributed by atoms with Crippen LogP contribution in [0.4, 0.5) is 0 Å². The Bertz CT molecular complexity index is 451. The molecule has 6 heteroatoms. The molecule has 1 unspecified atom stereocenters. The summed E-state index contributed by atoms with van der Waals surface area (Å²) in [5.74, 6) is 0.823. The number of hydrogen-bond donors (Lipinski definition) is 2. The van der Waals surface area contributed by atoms with Gasteiger partial charge in [0.2, 0.25) is 0 Å². The van der Waals surface area contributed by atoms with Gasteiger partial charge in [-0.15, -0.1) is 0 Å². The maximum atomic E-state index is 5.18. The van der Waals surface area contributed by atoms with Crippen LogP contribution in [0.25, 0.3) is 0 Å². The number of aliphatic imine (C=N–C) groups is 1. The normalized spacial score (nSPS) is 19.4. The van der Waals surface area contributed by atoms with Crippen LogP contribution < -0.4 is 10.6 Å². The molecular formula is C16H27N5O. The minimum absolute atomic E-state index is 0.559. The molecule has 1 fully saturated rings. The Morgan fingerprint density at radius 2 is 2.36 bits per heavy atom. The molecule has 0 amide bonds. The number of ether oxygens (including phenoxy) is 1. The number of nitrogens with zero attached hydrogens (tertiary/aromatic N) is 3. The first kappa shape index (κ1) is 16.7. The minimum Gasteiger partial charge on any atom is -0.383 e. The van der Waals surface area contributed by atoms with Crippen molar-refractivity contribution < 1.29 is 4.74 Å². The Morgan fingerprint density at radius 3 is 3.09 bits per heavy atom. The topological polar surface area (TPSA) is 61.8 Å². The Morgan fingerprint density at radius 1 is 1.45 bits per heavy atom. The molecule has 1 aliphatic rings. The van der Waals surface area contributed by atoms with Crippen LogP contribution in [0, 0.1) is 0 Å². The minimum atomic E-state index is 0.559. The lowest BCUT2D eigenvalue weighted by atomic mass is 10.2. The lowest BCUT2D eigenvalue weighted by molar-refractivity contribution is 0.141. The average molecular weight is 305 g/mol. The molecule has 1 saturated heterocycles. The van der Waals surface area contributed by atoms with Gasteiger partial charge in [0.15, 0.2) is 5.96 Å². The summed E-state index contributed by atoms with van der Waals surface area (Å²) in [6, 6.07) is 6.48. The van der Waals surface area contributed by atoms with Crippen LogP contribution >= 0.6 is 0 Å². The number of pyridine rings is 1. The maximum Gasteiger partial charge on any atom is 0.191 e. The molecule has 0 spiro atoms. The standard InChI is InChI=1S/C16H27N5O/c1-17-16(19-12-14-6-3-4-8-18-14)20-13-15-7-5-9-21(15)10-11-22-2/h3-4,6,8,15H,5,7,9-13H2,1-2H3,(H2,17,19,20). The summed E-state index contributed by atoms with van der Waals surface area (Å²) in [7, 11) is 3.55. The lowest BCUT2D eigenvalue weighted by Gasteiger charge is -2.25. The fourth-order valence-electron chi connectivity index (χ4n) is 2.74. The van der Waals surface area contributed by atoms with Gasteiger partial charge < -0.3 is 15.4 Å². The number of rotatable bonds is 7. The SMILES string of the molecule is CN=C(NCc1ccccn1)NCC1CCCN1CCOC. The van der Waals surface area contributed by atoms with Gasteiger partial charge in [-0.1, -0.05) is 6.07 Å². The Hall–Kier alpha value is -1.66. The van der Waals surface area contributed by atoms with Crippen LogP contribution in [-0.4, -0.2) is 62.3 Å². The molecule has 0 radical (unpaired) electrons. The van der Waals surface area contributed by atoms with E-state index < -0.39 is 0 Å². The third-order valence-corrected chi connectivity index (χ3v) is 3.97. The Balaban J connectivity index is 1.74. The van der Waals surface area contributed by atoms with Crippen molar-refractivity contribution in [3.05, 3.63) is 30.1 Å². The molecule has 22 heavy (non-hydrogen) atoms. The highest BCUT2D eigenvalue weighted by molar-refractivity contribution is 5.79. The highest BCUT2D eigenvalue weighted by Crippen LogP contribution is 2.15. The van der Waals surface area contributed by atoms with Crippen LogP contribution in [-0.2, 0) is 11.3 Å². The van der Waals surface area contributed by atoms with Gasteiger partial charge in [-0.3, -0.25) is 14.9 Å². The Kier molecular flexibility index (Phi) is 7.12. The first-order chi connectivity index (χ1) is 10.8. The summed E-state index contributed by atoms with van der Waals surface area (Å²) < 4.78 is 5.18. The molecule has 0 aromatic carbocycles. The molecule has 6 nitrogen and oxygen atoms in total. The molecular weight excluding hydrogens is 278 g/mol. The lowest BCUT2D eigenvalue weighted by Crippen LogP contribution is -2.45. The third-order valence-electron chi connectivity index (χ3n) is 3.97. The number of nitrogens with one attached hydrogen (secondary N) is 2. The summed E-state index contributed by atoms with van der Waals surface area (Å²) in [6.07, 6.45) is 4.30. The van der Waals surface area contributed by atoms with E-state index in [1.54, 1.807) is 20.4 Å². The van der Waals surface area contributed by atoms with E-state index in [4.69, 9.17) is 4.74 Å². The molecule has 1 atom stereocenters. The highest BCUT2D eigenvalue weighted by atomic mass is 16.5. The van der Waals surface area contributed by atoms with Crippen molar-refractivity contribution in [2.24, 2.45) is 4.99 Å². The maximum absolute atomic E-state index is 5.18. The predicted octanol–water partition coefficient (Wildman–Crippen LogP) is 0.857. The van der Waals surface area contributed by atoms with Gasteiger partial charge >= 0.3 is 0 Å². The molecule has 2 rings (SSSR count). The van der Waals surface area contributed by atoms with Crippen molar-refractivity contribution in [1.29, 1.82) is 0 Å². The zero-order chi connectivity index (χ0) is 15.6. The molecule has 2 heterocycles. The van der Waals surface area contributed by atoms with Crippen molar-refractivity contribution in [1.82, 2.24) is 20.5 Å². The van der Waals surface area contributed by atoms with Crippen molar-refractivity contribution >= 4 is 5.96 Å². The van der Waals surface area contributed by atoms with Crippen LogP contribution in [0.15, 0.2) is 29.4 Å². The first-order valence-corrected chi connectivity index (χ1v) is 7.91. The molecule has 122 valence electrons. The summed E-state index contributed by atoms with van der Waals surface area (Å²) in [4.78, 5) is 11.1. The van der Waals surface area contributed by atoms with Gasteiger partial charge in [-0.25, -0.2) is 0 Å². The van der Waals surface area contributed by atoms with E-state index in [9.17, 15) is 0 Å². The predicted molar refractivity (Wildman–Crippen MR) is 88.9 cm³/mol. The van der Waals surface area contributed by atoms with E-state index in [0.29, 0.717) is 12.6 Å². The van der Waals surface area contributed by atoms with E-state index in [1.165, 1.54) is 12.8 Å². The fourth-order valence-corrected chi connectivity index (χ4v) is 2.74. The monoisotopic (exact) mass is 305 g/mol. The molecule has 1 aromatic heterocycles. The van der Waals surface area contributed by atoms with Crippen LogP contribution in [0.5, 0.6) is 0 Å².